The van der Waals surface area contributed by atoms with Crippen LogP contribution in [0.5, 0.6) is 0 Å². The number of aryl methyl sites for hydroxylation is 1. The summed E-state index contributed by atoms with van der Waals surface area (Å²) in [5.41, 5.74) is 1.34. The van der Waals surface area contributed by atoms with Crippen LogP contribution in [0.1, 0.15) is 18.1 Å². The number of ether oxygens (including phenoxy) is 1. The molecule has 0 heterocycles. The number of hydrogen-bond acceptors (Lipinski definition) is 2. The molecule has 0 aliphatic heterocycles. The molecule has 0 saturated carbocycles. The summed E-state index contributed by atoms with van der Waals surface area (Å²) in [6.45, 7) is 3.77. The lowest BCUT2D eigenvalue weighted by atomic mass is 10.1. The van der Waals surface area contributed by atoms with Crippen molar-refractivity contribution in [3.05, 3.63) is 41.2 Å². The maximum absolute atomic E-state index is 12.9. The van der Waals surface area contributed by atoms with Gasteiger partial charge in [0.25, 0.3) is 0 Å². The van der Waals surface area contributed by atoms with Gasteiger partial charge in [-0.05, 0) is 43.2 Å². The van der Waals surface area contributed by atoms with E-state index in [0.29, 0.717) is 12.2 Å². The van der Waals surface area contributed by atoms with E-state index in [2.05, 4.69) is 0 Å². The van der Waals surface area contributed by atoms with Crippen LogP contribution in [0.2, 0.25) is 0 Å². The summed E-state index contributed by atoms with van der Waals surface area (Å²) >= 11 is 0. The largest absolute Gasteiger partial charge is 0.463 e. The Bertz CT molecular complexity index is 383. The lowest BCUT2D eigenvalue weighted by molar-refractivity contribution is -0.137. The fourth-order valence-electron chi connectivity index (χ4n) is 1.13. The zero-order valence-corrected chi connectivity index (χ0v) is 8.79. The van der Waals surface area contributed by atoms with Gasteiger partial charge in [-0.15, -0.1) is 0 Å². The first-order valence-corrected chi connectivity index (χ1v) is 4.74. The van der Waals surface area contributed by atoms with Gasteiger partial charge in [0.05, 0.1) is 6.61 Å². The third-order valence-electron chi connectivity index (χ3n) is 1.88. The van der Waals surface area contributed by atoms with Crippen molar-refractivity contribution in [1.29, 1.82) is 0 Å². The predicted molar refractivity (Wildman–Crippen MR) is 56.8 cm³/mol. The highest BCUT2D eigenvalue weighted by Gasteiger charge is 1.97. The first kappa shape index (κ1) is 11.4. The molecule has 3 heteroatoms. The number of halogens is 1. The van der Waals surface area contributed by atoms with Gasteiger partial charge in [0, 0.05) is 6.08 Å². The van der Waals surface area contributed by atoms with Gasteiger partial charge in [-0.3, -0.25) is 0 Å². The van der Waals surface area contributed by atoms with E-state index in [9.17, 15) is 9.18 Å². The molecule has 0 atom stereocenters. The van der Waals surface area contributed by atoms with Gasteiger partial charge in [0.1, 0.15) is 5.82 Å². The molecule has 15 heavy (non-hydrogen) atoms. The van der Waals surface area contributed by atoms with Crippen LogP contribution in [0.25, 0.3) is 6.08 Å². The number of esters is 1. The fourth-order valence-corrected chi connectivity index (χ4v) is 1.13. The van der Waals surface area contributed by atoms with Crippen molar-refractivity contribution in [1.82, 2.24) is 0 Å². The van der Waals surface area contributed by atoms with E-state index >= 15 is 0 Å². The van der Waals surface area contributed by atoms with Gasteiger partial charge < -0.3 is 4.74 Å². The molecule has 1 aromatic rings. The Labute approximate surface area is 88.4 Å². The molecule has 1 rings (SSSR count). The molecule has 80 valence electrons. The monoisotopic (exact) mass is 208 g/mol. The summed E-state index contributed by atoms with van der Waals surface area (Å²) in [7, 11) is 0. The Morgan fingerprint density at radius 2 is 2.27 bits per heavy atom. The van der Waals surface area contributed by atoms with E-state index in [-0.39, 0.29) is 11.8 Å². The van der Waals surface area contributed by atoms with Crippen LogP contribution in [0.4, 0.5) is 4.39 Å². The number of carbonyl (C=O) groups excluding carboxylic acids is 1. The molecule has 2 nitrogen and oxygen atoms in total. The van der Waals surface area contributed by atoms with E-state index in [0.717, 1.165) is 5.56 Å². The molecular formula is C12H13FO2. The second kappa shape index (κ2) is 5.29. The first-order valence-electron chi connectivity index (χ1n) is 4.74. The predicted octanol–water partition coefficient (Wildman–Crippen LogP) is 2.71. The van der Waals surface area contributed by atoms with Crippen LogP contribution in [-0.2, 0) is 9.53 Å². The normalized spacial score (nSPS) is 10.6. The molecule has 1 aromatic carbocycles. The lowest BCUT2D eigenvalue weighted by Gasteiger charge is -1.98. The fraction of sp³-hybridized carbons (Fsp3) is 0.250. The van der Waals surface area contributed by atoms with Gasteiger partial charge in [0.15, 0.2) is 0 Å². The minimum Gasteiger partial charge on any atom is -0.463 e. The second-order valence-electron chi connectivity index (χ2n) is 3.09. The molecule has 0 N–H and O–H groups in total. The highest BCUT2D eigenvalue weighted by molar-refractivity contribution is 5.87. The zero-order chi connectivity index (χ0) is 11.3. The summed E-state index contributed by atoms with van der Waals surface area (Å²) < 4.78 is 17.6. The van der Waals surface area contributed by atoms with Crippen molar-refractivity contribution in [3.63, 3.8) is 0 Å². The first-order chi connectivity index (χ1) is 7.13. The number of hydrogen-bond donors (Lipinski definition) is 0. The van der Waals surface area contributed by atoms with Gasteiger partial charge in [-0.2, -0.15) is 0 Å². The summed E-state index contributed by atoms with van der Waals surface area (Å²) in [6.07, 6.45) is 2.93. The summed E-state index contributed by atoms with van der Waals surface area (Å²) in [6, 6.07) is 4.66. The standard InChI is InChI=1S/C12H13FO2/c1-3-15-12(14)7-5-10-4-6-11(13)9(2)8-10/h4-8H,3H2,1-2H3. The Morgan fingerprint density at radius 1 is 1.53 bits per heavy atom. The van der Waals surface area contributed by atoms with Crippen LogP contribution in [0.3, 0.4) is 0 Å². The highest BCUT2D eigenvalue weighted by Crippen LogP contribution is 2.10. The molecule has 0 saturated heterocycles. The topological polar surface area (TPSA) is 26.3 Å². The van der Waals surface area contributed by atoms with Gasteiger partial charge >= 0.3 is 5.97 Å². The van der Waals surface area contributed by atoms with Crippen LogP contribution < -0.4 is 0 Å². The maximum Gasteiger partial charge on any atom is 0.330 e. The second-order valence-corrected chi connectivity index (χ2v) is 3.09. The smallest absolute Gasteiger partial charge is 0.330 e. The number of rotatable bonds is 3. The summed E-state index contributed by atoms with van der Waals surface area (Å²) in [5, 5.41) is 0. The van der Waals surface area contributed by atoms with E-state index in [1.54, 1.807) is 32.1 Å². The van der Waals surface area contributed by atoms with E-state index in [1.165, 1.54) is 12.1 Å². The zero-order valence-electron chi connectivity index (χ0n) is 8.79. The van der Waals surface area contributed by atoms with E-state index in [1.807, 2.05) is 0 Å². The van der Waals surface area contributed by atoms with Gasteiger partial charge in [-0.25, -0.2) is 9.18 Å². The Balaban J connectivity index is 2.72. The van der Waals surface area contributed by atoms with Crippen LogP contribution in [0.15, 0.2) is 24.3 Å². The van der Waals surface area contributed by atoms with Crippen LogP contribution in [-0.4, -0.2) is 12.6 Å². The van der Waals surface area contributed by atoms with Crippen LogP contribution in [0, 0.1) is 12.7 Å². The Morgan fingerprint density at radius 3 is 2.87 bits per heavy atom. The van der Waals surface area contributed by atoms with E-state index < -0.39 is 0 Å². The van der Waals surface area contributed by atoms with Crippen molar-refractivity contribution in [2.45, 2.75) is 13.8 Å². The maximum atomic E-state index is 12.9. The lowest BCUT2D eigenvalue weighted by Crippen LogP contribution is -1.98. The third kappa shape index (κ3) is 3.54. The molecule has 0 amide bonds. The van der Waals surface area contributed by atoms with Crippen molar-refractivity contribution in [2.24, 2.45) is 0 Å². The Kier molecular flexibility index (Phi) is 4.03. The SMILES string of the molecule is CCOC(=O)C=Cc1ccc(F)c(C)c1. The van der Waals surface area contributed by atoms with Crippen molar-refractivity contribution in [3.8, 4) is 0 Å². The summed E-state index contributed by atoms with van der Waals surface area (Å²) in [5.74, 6) is -0.636. The van der Waals surface area contributed by atoms with Crippen molar-refractivity contribution in [2.75, 3.05) is 6.61 Å². The molecule has 0 aliphatic rings. The van der Waals surface area contributed by atoms with Crippen LogP contribution >= 0.6 is 0 Å². The van der Waals surface area contributed by atoms with E-state index in [4.69, 9.17) is 4.74 Å². The molecule has 0 unspecified atom stereocenters. The van der Waals surface area contributed by atoms with Gasteiger partial charge in [0.2, 0.25) is 0 Å². The third-order valence-corrected chi connectivity index (χ3v) is 1.88. The Hall–Kier alpha value is -1.64. The number of benzene rings is 1. The van der Waals surface area contributed by atoms with Crippen molar-refractivity contribution < 1.29 is 13.9 Å². The number of carbonyl (C=O) groups is 1. The molecule has 0 spiro atoms. The molecule has 0 aromatic heterocycles. The average molecular weight is 208 g/mol. The molecule has 0 fully saturated rings. The highest BCUT2D eigenvalue weighted by atomic mass is 19.1. The molecule has 0 bridgehead atoms. The van der Waals surface area contributed by atoms with Gasteiger partial charge in [-0.1, -0.05) is 6.07 Å². The quantitative estimate of drug-likeness (QED) is 0.564. The summed E-state index contributed by atoms with van der Waals surface area (Å²) in [4.78, 5) is 11.0. The average Bonchev–Trinajstić information content (AvgIpc) is 2.20. The van der Waals surface area contributed by atoms with Crippen molar-refractivity contribution >= 4 is 12.0 Å². The molecule has 0 radical (unpaired) electrons. The molecular weight excluding hydrogens is 195 g/mol. The molecule has 0 aliphatic carbocycles. The minimum atomic E-state index is -0.389. The minimum absolute atomic E-state index is 0.247.